The van der Waals surface area contributed by atoms with Crippen molar-refractivity contribution in [1.29, 1.82) is 0 Å². The van der Waals surface area contributed by atoms with Gasteiger partial charge in [0, 0.05) is 3.57 Å². The SMILES string of the molecule is CC/C=C\CCOC(=O)c1ccc(I)cc1. The highest BCUT2D eigenvalue weighted by atomic mass is 127. The summed E-state index contributed by atoms with van der Waals surface area (Å²) < 4.78 is 6.23. The molecule has 0 aromatic heterocycles. The molecular weight excluding hydrogens is 315 g/mol. The second kappa shape index (κ2) is 7.44. The number of hydrogen-bond acceptors (Lipinski definition) is 2. The lowest BCUT2D eigenvalue weighted by atomic mass is 10.2. The molecule has 0 fully saturated rings. The van der Waals surface area contributed by atoms with E-state index in [9.17, 15) is 4.79 Å². The Bertz CT molecular complexity index is 355. The van der Waals surface area contributed by atoms with Gasteiger partial charge in [-0.25, -0.2) is 4.79 Å². The fourth-order valence-corrected chi connectivity index (χ4v) is 1.53. The van der Waals surface area contributed by atoms with Gasteiger partial charge < -0.3 is 4.74 Å². The number of esters is 1. The molecule has 0 bridgehead atoms. The van der Waals surface area contributed by atoms with Crippen LogP contribution in [0.4, 0.5) is 0 Å². The van der Waals surface area contributed by atoms with Crippen molar-refractivity contribution in [3.8, 4) is 0 Å². The fourth-order valence-electron chi connectivity index (χ4n) is 1.17. The average molecular weight is 330 g/mol. The first-order valence-electron chi connectivity index (χ1n) is 5.31. The van der Waals surface area contributed by atoms with Crippen LogP contribution in [0.3, 0.4) is 0 Å². The van der Waals surface area contributed by atoms with Crippen LogP contribution in [0.5, 0.6) is 0 Å². The Morgan fingerprint density at radius 1 is 1.31 bits per heavy atom. The molecule has 0 atom stereocenters. The molecule has 2 nitrogen and oxygen atoms in total. The van der Waals surface area contributed by atoms with Crippen LogP contribution in [-0.2, 0) is 4.74 Å². The molecule has 0 saturated carbocycles. The molecule has 16 heavy (non-hydrogen) atoms. The standard InChI is InChI=1S/C13H15IO2/c1-2-3-4-5-10-16-13(15)11-6-8-12(14)9-7-11/h3-4,6-9H,2,5,10H2,1H3/b4-3-. The maximum atomic E-state index is 11.5. The lowest BCUT2D eigenvalue weighted by Crippen LogP contribution is -2.05. The van der Waals surface area contributed by atoms with E-state index in [0.29, 0.717) is 12.2 Å². The number of halogens is 1. The van der Waals surface area contributed by atoms with Crippen molar-refractivity contribution < 1.29 is 9.53 Å². The van der Waals surface area contributed by atoms with E-state index in [1.807, 2.05) is 18.2 Å². The topological polar surface area (TPSA) is 26.3 Å². The monoisotopic (exact) mass is 330 g/mol. The van der Waals surface area contributed by atoms with Crippen LogP contribution >= 0.6 is 22.6 Å². The van der Waals surface area contributed by atoms with E-state index in [1.165, 1.54) is 0 Å². The van der Waals surface area contributed by atoms with Crippen LogP contribution in [0.1, 0.15) is 30.1 Å². The van der Waals surface area contributed by atoms with Crippen molar-refractivity contribution in [2.24, 2.45) is 0 Å². The normalized spacial score (nSPS) is 10.6. The molecule has 1 rings (SSSR count). The Labute approximate surface area is 110 Å². The third-order valence-electron chi connectivity index (χ3n) is 2.00. The molecule has 0 saturated heterocycles. The van der Waals surface area contributed by atoms with Crippen molar-refractivity contribution in [2.75, 3.05) is 6.61 Å². The summed E-state index contributed by atoms with van der Waals surface area (Å²) in [5, 5.41) is 0. The predicted octanol–water partition coefficient (Wildman–Crippen LogP) is 3.80. The summed E-state index contributed by atoms with van der Waals surface area (Å²) in [7, 11) is 0. The van der Waals surface area contributed by atoms with E-state index in [0.717, 1.165) is 16.4 Å². The number of carbonyl (C=O) groups is 1. The van der Waals surface area contributed by atoms with Crippen molar-refractivity contribution in [3.05, 3.63) is 45.6 Å². The van der Waals surface area contributed by atoms with Crippen LogP contribution in [0.25, 0.3) is 0 Å². The van der Waals surface area contributed by atoms with Crippen molar-refractivity contribution in [3.63, 3.8) is 0 Å². The van der Waals surface area contributed by atoms with Gasteiger partial charge in [-0.1, -0.05) is 19.1 Å². The Morgan fingerprint density at radius 2 is 2.00 bits per heavy atom. The number of rotatable bonds is 5. The molecular formula is C13H15IO2. The van der Waals surface area contributed by atoms with Crippen molar-refractivity contribution in [1.82, 2.24) is 0 Å². The molecule has 1 aromatic carbocycles. The maximum absolute atomic E-state index is 11.5. The molecule has 0 aliphatic rings. The molecule has 86 valence electrons. The third-order valence-corrected chi connectivity index (χ3v) is 2.72. The third kappa shape index (κ3) is 4.79. The zero-order valence-corrected chi connectivity index (χ0v) is 11.4. The van der Waals surface area contributed by atoms with Gasteiger partial charge in [0.1, 0.15) is 0 Å². The van der Waals surface area contributed by atoms with Gasteiger partial charge in [-0.2, -0.15) is 0 Å². The molecule has 0 spiro atoms. The molecule has 0 radical (unpaired) electrons. The molecule has 0 heterocycles. The second-order valence-electron chi connectivity index (χ2n) is 3.31. The molecule has 0 aliphatic heterocycles. The first kappa shape index (κ1) is 13.2. The van der Waals surface area contributed by atoms with Crippen molar-refractivity contribution in [2.45, 2.75) is 19.8 Å². The van der Waals surface area contributed by atoms with Crippen LogP contribution in [0.15, 0.2) is 36.4 Å². The molecule has 0 unspecified atom stereocenters. The number of ether oxygens (including phenoxy) is 1. The smallest absolute Gasteiger partial charge is 0.338 e. The number of benzene rings is 1. The van der Waals surface area contributed by atoms with Gasteiger partial charge >= 0.3 is 5.97 Å². The number of carbonyl (C=O) groups excluding carboxylic acids is 1. The summed E-state index contributed by atoms with van der Waals surface area (Å²) >= 11 is 2.20. The first-order chi connectivity index (χ1) is 7.74. The highest BCUT2D eigenvalue weighted by Gasteiger charge is 2.05. The summed E-state index contributed by atoms with van der Waals surface area (Å²) in [5.41, 5.74) is 0.611. The van der Waals surface area contributed by atoms with Crippen LogP contribution < -0.4 is 0 Å². The van der Waals surface area contributed by atoms with E-state index in [1.54, 1.807) is 12.1 Å². The van der Waals surface area contributed by atoms with Crippen LogP contribution in [0.2, 0.25) is 0 Å². The highest BCUT2D eigenvalue weighted by molar-refractivity contribution is 14.1. The Hall–Kier alpha value is -0.840. The predicted molar refractivity (Wildman–Crippen MR) is 73.5 cm³/mol. The Balaban J connectivity index is 2.35. The van der Waals surface area contributed by atoms with E-state index >= 15 is 0 Å². The highest BCUT2D eigenvalue weighted by Crippen LogP contribution is 2.08. The molecule has 0 aliphatic carbocycles. The van der Waals surface area contributed by atoms with E-state index in [4.69, 9.17) is 4.74 Å². The number of hydrogen-bond donors (Lipinski definition) is 0. The Kier molecular flexibility index (Phi) is 6.15. The molecule has 0 amide bonds. The second-order valence-corrected chi connectivity index (χ2v) is 4.56. The van der Waals surface area contributed by atoms with Gasteiger partial charge in [0.05, 0.1) is 12.2 Å². The zero-order chi connectivity index (χ0) is 11.8. The first-order valence-corrected chi connectivity index (χ1v) is 6.39. The van der Waals surface area contributed by atoms with Gasteiger partial charge in [0.25, 0.3) is 0 Å². The number of allylic oxidation sites excluding steroid dienone is 1. The molecule has 3 heteroatoms. The van der Waals surface area contributed by atoms with Crippen LogP contribution in [-0.4, -0.2) is 12.6 Å². The summed E-state index contributed by atoms with van der Waals surface area (Å²) in [6.07, 6.45) is 5.90. The maximum Gasteiger partial charge on any atom is 0.338 e. The molecule has 0 N–H and O–H groups in total. The minimum absolute atomic E-state index is 0.249. The fraction of sp³-hybridized carbons (Fsp3) is 0.308. The van der Waals surface area contributed by atoms with Gasteiger partial charge in [-0.15, -0.1) is 0 Å². The van der Waals surface area contributed by atoms with Crippen molar-refractivity contribution >= 4 is 28.6 Å². The summed E-state index contributed by atoms with van der Waals surface area (Å²) in [6, 6.07) is 7.36. The van der Waals surface area contributed by atoms with Gasteiger partial charge in [0.2, 0.25) is 0 Å². The average Bonchev–Trinajstić information content (AvgIpc) is 2.29. The minimum atomic E-state index is -0.249. The lowest BCUT2D eigenvalue weighted by molar-refractivity contribution is 0.0511. The van der Waals surface area contributed by atoms with Gasteiger partial charge in [-0.05, 0) is 59.7 Å². The summed E-state index contributed by atoms with van der Waals surface area (Å²) in [5.74, 6) is -0.249. The molecule has 1 aromatic rings. The van der Waals surface area contributed by atoms with Crippen LogP contribution in [0, 0.1) is 3.57 Å². The van der Waals surface area contributed by atoms with E-state index in [-0.39, 0.29) is 5.97 Å². The summed E-state index contributed by atoms with van der Waals surface area (Å²) in [6.45, 7) is 2.52. The van der Waals surface area contributed by atoms with E-state index in [2.05, 4.69) is 35.6 Å². The minimum Gasteiger partial charge on any atom is -0.462 e. The van der Waals surface area contributed by atoms with Gasteiger partial charge in [-0.3, -0.25) is 0 Å². The van der Waals surface area contributed by atoms with Gasteiger partial charge in [0.15, 0.2) is 0 Å². The lowest BCUT2D eigenvalue weighted by Gasteiger charge is -2.02. The van der Waals surface area contributed by atoms with E-state index < -0.39 is 0 Å². The zero-order valence-electron chi connectivity index (χ0n) is 9.28. The summed E-state index contributed by atoms with van der Waals surface area (Å²) in [4.78, 5) is 11.5. The Morgan fingerprint density at radius 3 is 2.62 bits per heavy atom. The largest absolute Gasteiger partial charge is 0.462 e. The quantitative estimate of drug-likeness (QED) is 0.355.